The largest absolute Gasteiger partial charge is 0.356 e. The van der Waals surface area contributed by atoms with Crippen LogP contribution in [0.5, 0.6) is 0 Å². The number of hydrogen-bond donors (Lipinski definition) is 2. The highest BCUT2D eigenvalue weighted by molar-refractivity contribution is 5.82. The summed E-state index contributed by atoms with van der Waals surface area (Å²) in [6, 6.07) is -0.530. The lowest BCUT2D eigenvalue weighted by Gasteiger charge is -2.21. The molecule has 2 atom stereocenters. The van der Waals surface area contributed by atoms with E-state index in [4.69, 9.17) is 0 Å². The highest BCUT2D eigenvalue weighted by Crippen LogP contribution is 2.27. The lowest BCUT2D eigenvalue weighted by molar-refractivity contribution is -0.126. The number of carbonyl (C=O) groups excluding carboxylic acids is 3. The summed E-state index contributed by atoms with van der Waals surface area (Å²) in [5, 5.41) is 5.52. The maximum absolute atomic E-state index is 11.9. The minimum Gasteiger partial charge on any atom is -0.356 e. The van der Waals surface area contributed by atoms with Crippen molar-refractivity contribution in [1.29, 1.82) is 0 Å². The first-order valence-corrected chi connectivity index (χ1v) is 8.21. The molecule has 1 aliphatic heterocycles. The van der Waals surface area contributed by atoms with Crippen molar-refractivity contribution in [2.75, 3.05) is 6.54 Å². The summed E-state index contributed by atoms with van der Waals surface area (Å²) in [5.41, 5.74) is 0. The fourth-order valence-electron chi connectivity index (χ4n) is 3.41. The quantitative estimate of drug-likeness (QED) is 0.700. The molecule has 1 heterocycles. The second-order valence-corrected chi connectivity index (χ2v) is 6.37. The molecule has 1 saturated carbocycles. The fourth-order valence-corrected chi connectivity index (χ4v) is 3.41. The Hall–Kier alpha value is -1.39. The van der Waals surface area contributed by atoms with Gasteiger partial charge in [0.2, 0.25) is 11.8 Å². The molecule has 0 aromatic heterocycles. The zero-order valence-corrected chi connectivity index (χ0v) is 12.6. The molecule has 0 aromatic carbocycles. The van der Waals surface area contributed by atoms with Crippen molar-refractivity contribution >= 4 is 18.1 Å². The van der Waals surface area contributed by atoms with Crippen molar-refractivity contribution < 1.29 is 14.4 Å². The molecule has 2 unspecified atom stereocenters. The van der Waals surface area contributed by atoms with Crippen LogP contribution in [0, 0.1) is 11.8 Å². The van der Waals surface area contributed by atoms with Crippen molar-refractivity contribution in [3.8, 4) is 0 Å². The van der Waals surface area contributed by atoms with E-state index in [1.54, 1.807) is 0 Å². The maximum Gasteiger partial charge on any atom is 0.223 e. The molecule has 0 radical (unpaired) electrons. The molecule has 2 amide bonds. The van der Waals surface area contributed by atoms with Crippen molar-refractivity contribution in [3.63, 3.8) is 0 Å². The Balaban J connectivity index is 1.69. The standard InChI is InChI=1S/C16H26N2O3/c19-11-14(10-13-8-9-17-16(13)21)18-15(20)7-6-12-4-2-1-3-5-12/h11-14H,1-10H2,(H,17,21)(H,18,20). The Morgan fingerprint density at radius 2 is 2.05 bits per heavy atom. The van der Waals surface area contributed by atoms with Crippen molar-refractivity contribution in [2.24, 2.45) is 11.8 Å². The molecule has 2 rings (SSSR count). The van der Waals surface area contributed by atoms with Gasteiger partial charge in [0, 0.05) is 18.9 Å². The predicted molar refractivity (Wildman–Crippen MR) is 79.5 cm³/mol. The zero-order chi connectivity index (χ0) is 15.1. The third kappa shape index (κ3) is 5.14. The second kappa shape index (κ2) is 8.15. The molecule has 2 fully saturated rings. The minimum atomic E-state index is -0.530. The lowest BCUT2D eigenvalue weighted by atomic mass is 9.86. The molecule has 5 nitrogen and oxygen atoms in total. The lowest BCUT2D eigenvalue weighted by Crippen LogP contribution is -2.38. The fraction of sp³-hybridized carbons (Fsp3) is 0.812. The van der Waals surface area contributed by atoms with Gasteiger partial charge in [0.15, 0.2) is 0 Å². The first-order valence-electron chi connectivity index (χ1n) is 8.21. The summed E-state index contributed by atoms with van der Waals surface area (Å²) < 4.78 is 0. The smallest absolute Gasteiger partial charge is 0.223 e. The van der Waals surface area contributed by atoms with Crippen LogP contribution in [-0.4, -0.2) is 30.7 Å². The van der Waals surface area contributed by atoms with E-state index in [1.807, 2.05) is 0 Å². The maximum atomic E-state index is 11.9. The SMILES string of the molecule is O=CC(CC1CCNC1=O)NC(=O)CCC1CCCCC1. The molecule has 2 aliphatic rings. The monoisotopic (exact) mass is 294 g/mol. The van der Waals surface area contributed by atoms with Gasteiger partial charge < -0.3 is 15.4 Å². The van der Waals surface area contributed by atoms with E-state index >= 15 is 0 Å². The second-order valence-electron chi connectivity index (χ2n) is 6.37. The summed E-state index contributed by atoms with van der Waals surface area (Å²) in [4.78, 5) is 34.5. The van der Waals surface area contributed by atoms with Crippen LogP contribution in [0.25, 0.3) is 0 Å². The third-order valence-electron chi connectivity index (χ3n) is 4.72. The van der Waals surface area contributed by atoms with E-state index in [1.165, 1.54) is 32.1 Å². The Labute approximate surface area is 126 Å². The van der Waals surface area contributed by atoms with Gasteiger partial charge in [0.05, 0.1) is 6.04 Å². The van der Waals surface area contributed by atoms with Gasteiger partial charge >= 0.3 is 0 Å². The first-order chi connectivity index (χ1) is 10.2. The van der Waals surface area contributed by atoms with E-state index in [9.17, 15) is 14.4 Å². The number of amides is 2. The van der Waals surface area contributed by atoms with Crippen LogP contribution in [0.1, 0.15) is 57.8 Å². The summed E-state index contributed by atoms with van der Waals surface area (Å²) >= 11 is 0. The van der Waals surface area contributed by atoms with Crippen LogP contribution in [0.15, 0.2) is 0 Å². The summed E-state index contributed by atoms with van der Waals surface area (Å²) in [5.74, 6) is 0.466. The minimum absolute atomic E-state index is 0.00157. The molecule has 0 bridgehead atoms. The van der Waals surface area contributed by atoms with Gasteiger partial charge in [-0.25, -0.2) is 0 Å². The number of nitrogens with one attached hydrogen (secondary N) is 2. The van der Waals surface area contributed by atoms with Crippen LogP contribution in [0.3, 0.4) is 0 Å². The van der Waals surface area contributed by atoms with Crippen molar-refractivity contribution in [3.05, 3.63) is 0 Å². The molecular weight excluding hydrogens is 268 g/mol. The third-order valence-corrected chi connectivity index (χ3v) is 4.72. The molecule has 1 aliphatic carbocycles. The zero-order valence-electron chi connectivity index (χ0n) is 12.6. The van der Waals surface area contributed by atoms with Gasteiger partial charge in [-0.2, -0.15) is 0 Å². The van der Waals surface area contributed by atoms with Gasteiger partial charge in [-0.3, -0.25) is 9.59 Å². The van der Waals surface area contributed by atoms with Gasteiger partial charge in [-0.05, 0) is 25.2 Å². The Bertz CT molecular complexity index is 378. The Kier molecular flexibility index (Phi) is 6.21. The number of rotatable bonds is 7. The molecular formula is C16H26N2O3. The van der Waals surface area contributed by atoms with Crippen molar-refractivity contribution in [1.82, 2.24) is 10.6 Å². The van der Waals surface area contributed by atoms with E-state index in [2.05, 4.69) is 10.6 Å². The molecule has 21 heavy (non-hydrogen) atoms. The topological polar surface area (TPSA) is 75.3 Å². The van der Waals surface area contributed by atoms with Gasteiger partial charge in [0.25, 0.3) is 0 Å². The van der Waals surface area contributed by atoms with Crippen LogP contribution >= 0.6 is 0 Å². The van der Waals surface area contributed by atoms with Crippen LogP contribution in [0.2, 0.25) is 0 Å². The summed E-state index contributed by atoms with van der Waals surface area (Å²) in [6.45, 7) is 0.671. The Morgan fingerprint density at radius 1 is 1.29 bits per heavy atom. The average Bonchev–Trinajstić information content (AvgIpc) is 2.90. The molecule has 1 saturated heterocycles. The van der Waals surface area contributed by atoms with Crippen LogP contribution in [-0.2, 0) is 14.4 Å². The summed E-state index contributed by atoms with van der Waals surface area (Å²) in [7, 11) is 0. The number of carbonyl (C=O) groups is 3. The average molecular weight is 294 g/mol. The predicted octanol–water partition coefficient (Wildman–Crippen LogP) is 1.56. The van der Waals surface area contributed by atoms with Crippen LogP contribution < -0.4 is 10.6 Å². The normalized spacial score (nSPS) is 24.4. The molecule has 2 N–H and O–H groups in total. The number of aldehydes is 1. The highest BCUT2D eigenvalue weighted by Gasteiger charge is 2.27. The van der Waals surface area contributed by atoms with Gasteiger partial charge in [-0.1, -0.05) is 32.1 Å². The van der Waals surface area contributed by atoms with E-state index < -0.39 is 6.04 Å². The first kappa shape index (κ1) is 16.0. The van der Waals surface area contributed by atoms with E-state index in [0.717, 1.165) is 19.1 Å². The van der Waals surface area contributed by atoms with E-state index in [-0.39, 0.29) is 17.7 Å². The van der Waals surface area contributed by atoms with Crippen LogP contribution in [0.4, 0.5) is 0 Å². The molecule has 5 heteroatoms. The molecule has 0 aromatic rings. The van der Waals surface area contributed by atoms with Gasteiger partial charge in [0.1, 0.15) is 6.29 Å². The highest BCUT2D eigenvalue weighted by atomic mass is 16.2. The Morgan fingerprint density at radius 3 is 2.67 bits per heavy atom. The summed E-state index contributed by atoms with van der Waals surface area (Å²) in [6.07, 6.45) is 9.67. The van der Waals surface area contributed by atoms with Crippen molar-refractivity contribution in [2.45, 2.75) is 63.8 Å². The van der Waals surface area contributed by atoms with E-state index in [0.29, 0.717) is 25.3 Å². The number of hydrogen-bond acceptors (Lipinski definition) is 3. The van der Waals surface area contributed by atoms with Gasteiger partial charge in [-0.15, -0.1) is 0 Å². The molecule has 0 spiro atoms. The molecule has 118 valence electrons.